The molecular weight excluding hydrogens is 436 g/mol. The van der Waals surface area contributed by atoms with Crippen molar-refractivity contribution in [3.8, 4) is 11.3 Å². The van der Waals surface area contributed by atoms with Gasteiger partial charge in [0.2, 0.25) is 0 Å². The fourth-order valence-corrected chi connectivity index (χ4v) is 4.89. The maximum atomic E-state index is 12.9. The van der Waals surface area contributed by atoms with E-state index in [1.807, 2.05) is 17.2 Å². The van der Waals surface area contributed by atoms with Crippen molar-refractivity contribution in [1.82, 2.24) is 4.98 Å². The average molecular weight is 465 g/mol. The molecule has 1 aromatic heterocycles. The third kappa shape index (κ3) is 4.90. The quantitative estimate of drug-likeness (QED) is 0.362. The van der Waals surface area contributed by atoms with Gasteiger partial charge in [-0.05, 0) is 74.4 Å². The van der Waals surface area contributed by atoms with E-state index in [1.165, 1.54) is 28.5 Å². The highest BCUT2D eigenvalue weighted by Gasteiger charge is 2.25. The second-order valence-electron chi connectivity index (χ2n) is 8.87. The van der Waals surface area contributed by atoms with E-state index < -0.39 is 10.8 Å². The molecule has 2 heterocycles. The molecule has 0 radical (unpaired) electrons. The summed E-state index contributed by atoms with van der Waals surface area (Å²) in [5, 5.41) is 16.9. The summed E-state index contributed by atoms with van der Waals surface area (Å²) < 4.78 is 0. The van der Waals surface area contributed by atoms with Crippen LogP contribution in [0.5, 0.6) is 0 Å². The van der Waals surface area contributed by atoms with Crippen LogP contribution in [0.3, 0.4) is 0 Å². The maximum absolute atomic E-state index is 12.9. The zero-order valence-electron chi connectivity index (χ0n) is 19.3. The number of carbonyl (C=O) groups is 1. The first-order valence-electron chi connectivity index (χ1n) is 11.1. The van der Waals surface area contributed by atoms with E-state index in [2.05, 4.69) is 43.2 Å². The Balaban J connectivity index is 1.54. The molecule has 7 nitrogen and oxygen atoms in total. The van der Waals surface area contributed by atoms with Gasteiger partial charge in [-0.15, -0.1) is 11.3 Å². The molecule has 4 rings (SSSR count). The number of nitro benzene ring substituents is 1. The number of nitrogens with one attached hydrogen (secondary N) is 1. The standard InChI is InChI=1S/C25H28N4O3S/c1-15-7-9-28(10-8-15)22-6-5-19(13-23(22)29(31)32)24(30)27-25-26-21(14-33-25)20-12-17(3)16(2)11-18(20)4/h5-6,11-15H,7-10H2,1-4H3,(H,26,27,30). The molecule has 0 atom stereocenters. The Hall–Kier alpha value is -3.26. The number of hydrogen-bond acceptors (Lipinski definition) is 6. The minimum absolute atomic E-state index is 0.0391. The summed E-state index contributed by atoms with van der Waals surface area (Å²) >= 11 is 1.34. The Kier molecular flexibility index (Phi) is 6.47. The lowest BCUT2D eigenvalue weighted by Gasteiger charge is -2.31. The second kappa shape index (κ2) is 9.31. The molecule has 1 aliphatic heterocycles. The fraction of sp³-hybridized carbons (Fsp3) is 0.360. The van der Waals surface area contributed by atoms with Crippen molar-refractivity contribution in [2.75, 3.05) is 23.3 Å². The lowest BCUT2D eigenvalue weighted by molar-refractivity contribution is -0.384. The van der Waals surface area contributed by atoms with Crippen molar-refractivity contribution in [2.24, 2.45) is 5.92 Å². The van der Waals surface area contributed by atoms with Crippen molar-refractivity contribution < 1.29 is 9.72 Å². The highest BCUT2D eigenvalue weighted by molar-refractivity contribution is 7.14. The first kappa shape index (κ1) is 22.9. The number of carbonyl (C=O) groups excluding carboxylic acids is 1. The Morgan fingerprint density at radius 2 is 1.82 bits per heavy atom. The van der Waals surface area contributed by atoms with E-state index in [4.69, 9.17) is 0 Å². The van der Waals surface area contributed by atoms with Crippen molar-refractivity contribution in [2.45, 2.75) is 40.5 Å². The molecule has 2 aromatic carbocycles. The normalized spacial score (nSPS) is 14.4. The highest BCUT2D eigenvalue weighted by atomic mass is 32.1. The van der Waals surface area contributed by atoms with Crippen LogP contribution in [0.1, 0.15) is 46.8 Å². The topological polar surface area (TPSA) is 88.4 Å². The minimum Gasteiger partial charge on any atom is -0.366 e. The number of anilines is 2. The lowest BCUT2D eigenvalue weighted by atomic mass is 9.98. The summed E-state index contributed by atoms with van der Waals surface area (Å²) in [5.41, 5.74) is 6.15. The number of hydrogen-bond donors (Lipinski definition) is 1. The van der Waals surface area contributed by atoms with Gasteiger partial charge >= 0.3 is 0 Å². The summed E-state index contributed by atoms with van der Waals surface area (Å²) in [5.74, 6) is 0.218. The molecule has 0 bridgehead atoms. The van der Waals surface area contributed by atoms with Crippen molar-refractivity contribution in [3.63, 3.8) is 0 Å². The molecule has 1 amide bonds. The van der Waals surface area contributed by atoms with Gasteiger partial charge in [0.15, 0.2) is 5.13 Å². The van der Waals surface area contributed by atoms with Crippen molar-refractivity contribution >= 4 is 33.8 Å². The van der Waals surface area contributed by atoms with Crippen LogP contribution in [-0.2, 0) is 0 Å². The van der Waals surface area contributed by atoms with E-state index in [0.29, 0.717) is 16.7 Å². The first-order chi connectivity index (χ1) is 15.7. The Bertz CT molecular complexity index is 1210. The third-order valence-corrected chi connectivity index (χ3v) is 7.16. The predicted octanol–water partition coefficient (Wildman–Crippen LogP) is 6.13. The van der Waals surface area contributed by atoms with E-state index in [0.717, 1.165) is 42.8 Å². The molecule has 0 unspecified atom stereocenters. The molecule has 33 heavy (non-hydrogen) atoms. The number of aryl methyl sites for hydroxylation is 3. The zero-order chi connectivity index (χ0) is 23.7. The van der Waals surface area contributed by atoms with E-state index >= 15 is 0 Å². The molecule has 8 heteroatoms. The van der Waals surface area contributed by atoms with Crippen LogP contribution in [0.4, 0.5) is 16.5 Å². The molecular formula is C25H28N4O3S. The van der Waals surface area contributed by atoms with Crippen LogP contribution in [0, 0.1) is 36.8 Å². The van der Waals surface area contributed by atoms with E-state index in [1.54, 1.807) is 12.1 Å². The average Bonchev–Trinajstić information content (AvgIpc) is 3.24. The summed E-state index contributed by atoms with van der Waals surface area (Å²) in [6.45, 7) is 9.96. The van der Waals surface area contributed by atoms with Gasteiger partial charge in [0.1, 0.15) is 5.69 Å². The monoisotopic (exact) mass is 464 g/mol. The van der Waals surface area contributed by atoms with Crippen LogP contribution >= 0.6 is 11.3 Å². The number of rotatable bonds is 5. The Labute approximate surface area is 197 Å². The fourth-order valence-electron chi connectivity index (χ4n) is 4.19. The van der Waals surface area contributed by atoms with E-state index in [9.17, 15) is 14.9 Å². The number of nitro groups is 1. The highest BCUT2D eigenvalue weighted by Crippen LogP contribution is 2.33. The molecule has 0 spiro atoms. The van der Waals surface area contributed by atoms with Gasteiger partial charge in [-0.1, -0.05) is 13.0 Å². The van der Waals surface area contributed by atoms with Crippen LogP contribution in [0.2, 0.25) is 0 Å². The molecule has 1 fully saturated rings. The van der Waals surface area contributed by atoms with Gasteiger partial charge < -0.3 is 4.90 Å². The van der Waals surface area contributed by atoms with Gasteiger partial charge in [0, 0.05) is 35.7 Å². The first-order valence-corrected chi connectivity index (χ1v) is 12.0. The minimum atomic E-state index is -0.409. The van der Waals surface area contributed by atoms with Gasteiger partial charge in [-0.3, -0.25) is 20.2 Å². The van der Waals surface area contributed by atoms with Crippen molar-refractivity contribution in [3.05, 3.63) is 68.1 Å². The number of nitrogens with zero attached hydrogens (tertiary/aromatic N) is 3. The molecule has 3 aromatic rings. The number of benzene rings is 2. The largest absolute Gasteiger partial charge is 0.366 e. The van der Waals surface area contributed by atoms with Gasteiger partial charge in [-0.25, -0.2) is 4.98 Å². The Morgan fingerprint density at radius 1 is 1.12 bits per heavy atom. The number of piperidine rings is 1. The lowest BCUT2D eigenvalue weighted by Crippen LogP contribution is -2.33. The van der Waals surface area contributed by atoms with Crippen LogP contribution in [0.15, 0.2) is 35.7 Å². The molecule has 1 saturated heterocycles. The number of thiazole rings is 1. The predicted molar refractivity (Wildman–Crippen MR) is 133 cm³/mol. The van der Waals surface area contributed by atoms with E-state index in [-0.39, 0.29) is 11.3 Å². The number of aromatic nitrogens is 1. The van der Waals surface area contributed by atoms with Crippen molar-refractivity contribution in [1.29, 1.82) is 0 Å². The van der Waals surface area contributed by atoms with Crippen LogP contribution in [-0.4, -0.2) is 28.9 Å². The molecule has 0 aliphatic carbocycles. The van der Waals surface area contributed by atoms with Gasteiger partial charge in [0.05, 0.1) is 10.6 Å². The second-order valence-corrected chi connectivity index (χ2v) is 9.73. The zero-order valence-corrected chi connectivity index (χ0v) is 20.2. The number of amides is 1. The SMILES string of the molecule is Cc1cc(C)c(-c2csc(NC(=O)c3ccc(N4CCC(C)CC4)c([N+](=O)[O-])c3)n2)cc1C. The molecule has 1 aliphatic rings. The smallest absolute Gasteiger partial charge is 0.293 e. The maximum Gasteiger partial charge on any atom is 0.293 e. The van der Waals surface area contributed by atoms with Gasteiger partial charge in [0.25, 0.3) is 11.6 Å². The Morgan fingerprint density at radius 3 is 2.52 bits per heavy atom. The van der Waals surface area contributed by atoms with Gasteiger partial charge in [-0.2, -0.15) is 0 Å². The third-order valence-electron chi connectivity index (χ3n) is 6.40. The summed E-state index contributed by atoms with van der Waals surface area (Å²) in [7, 11) is 0. The summed E-state index contributed by atoms with van der Waals surface area (Å²) in [6.07, 6.45) is 2.01. The van der Waals surface area contributed by atoms with Crippen LogP contribution < -0.4 is 10.2 Å². The summed E-state index contributed by atoms with van der Waals surface area (Å²) in [6, 6.07) is 8.94. The molecule has 0 saturated carbocycles. The van der Waals surface area contributed by atoms with Crippen LogP contribution in [0.25, 0.3) is 11.3 Å². The molecule has 172 valence electrons. The summed E-state index contributed by atoms with van der Waals surface area (Å²) in [4.78, 5) is 30.8. The molecule has 1 N–H and O–H groups in total.